The van der Waals surface area contributed by atoms with E-state index in [4.69, 9.17) is 21.1 Å². The molecule has 0 aliphatic heterocycles. The van der Waals surface area contributed by atoms with Gasteiger partial charge < -0.3 is 19.7 Å². The minimum Gasteiger partial charge on any atom is -0.506 e. The van der Waals surface area contributed by atoms with Gasteiger partial charge in [-0.25, -0.2) is 14.0 Å². The Kier molecular flexibility index (Phi) is 8.35. The second-order valence-corrected chi connectivity index (χ2v) is 15.1. The van der Waals surface area contributed by atoms with E-state index in [0.717, 1.165) is 9.79 Å². The summed E-state index contributed by atoms with van der Waals surface area (Å²) in [6, 6.07) is 13.2. The lowest BCUT2D eigenvalue weighted by Gasteiger charge is -2.62. The maximum atomic E-state index is 17.7. The standard InChI is InChI=1S/C36H35ClFNO7S/c1-20-16-27-26-10-6-22-17-23(40)12-13-33(22,2)35(26,38)30(42)19-34(27,3)36(20,32(44)45-15-14-39)46-31(43)21-4-7-24(8-5-21)47-25-9-11-28(37)29(41)18-25/h4-5,7-9,11-13,17-18,20,26-27,30,41-42H,6,10,15-16,19H2,1-3H3/t20-,26+,27+,30+,33+,34+,35+,36+/m1/s1. The number of benzene rings is 2. The smallest absolute Gasteiger partial charge is 0.352 e. The first-order valence-electron chi connectivity index (χ1n) is 15.6. The van der Waals surface area contributed by atoms with Crippen LogP contribution in [0.25, 0.3) is 0 Å². The van der Waals surface area contributed by atoms with E-state index in [1.165, 1.54) is 30.0 Å². The van der Waals surface area contributed by atoms with Crippen LogP contribution in [0.2, 0.25) is 5.02 Å². The summed E-state index contributed by atoms with van der Waals surface area (Å²) in [4.78, 5) is 41.6. The lowest BCUT2D eigenvalue weighted by molar-refractivity contribution is -0.227. The molecule has 0 unspecified atom stereocenters. The van der Waals surface area contributed by atoms with Gasteiger partial charge >= 0.3 is 11.9 Å². The number of nitriles is 1. The van der Waals surface area contributed by atoms with Crippen molar-refractivity contribution in [2.24, 2.45) is 28.6 Å². The zero-order valence-corrected chi connectivity index (χ0v) is 27.7. The van der Waals surface area contributed by atoms with Crippen LogP contribution in [-0.4, -0.2) is 51.9 Å². The number of aliphatic hydroxyl groups is 1. The van der Waals surface area contributed by atoms with Gasteiger partial charge in [0.25, 0.3) is 0 Å². The first-order valence-corrected chi connectivity index (χ1v) is 16.8. The first kappa shape index (κ1) is 33.3. The number of fused-ring (bicyclic) bond motifs is 5. The molecule has 4 aliphatic rings. The van der Waals surface area contributed by atoms with E-state index >= 15 is 4.39 Å². The van der Waals surface area contributed by atoms with E-state index in [0.29, 0.717) is 24.8 Å². The monoisotopic (exact) mass is 679 g/mol. The first-order chi connectivity index (χ1) is 22.2. The van der Waals surface area contributed by atoms with Crippen LogP contribution < -0.4 is 0 Å². The number of phenols is 1. The van der Waals surface area contributed by atoms with Crippen LogP contribution in [0.4, 0.5) is 4.39 Å². The second-order valence-electron chi connectivity index (χ2n) is 13.5. The third-order valence-electron chi connectivity index (χ3n) is 11.2. The molecule has 246 valence electrons. The summed E-state index contributed by atoms with van der Waals surface area (Å²) in [5, 5.41) is 31.2. The number of aromatic hydroxyl groups is 1. The second kappa shape index (κ2) is 11.8. The van der Waals surface area contributed by atoms with Crippen molar-refractivity contribution in [3.05, 3.63) is 76.9 Å². The fraction of sp³-hybridized carbons (Fsp3) is 0.444. The van der Waals surface area contributed by atoms with Gasteiger partial charge in [-0.2, -0.15) is 5.26 Å². The topological polar surface area (TPSA) is 134 Å². The minimum atomic E-state index is -2.14. The average Bonchev–Trinajstić information content (AvgIpc) is 3.25. The van der Waals surface area contributed by atoms with Crippen LogP contribution in [-0.2, 0) is 19.1 Å². The summed E-state index contributed by atoms with van der Waals surface area (Å²) in [6.07, 6.45) is 3.70. The number of hydrogen-bond donors (Lipinski definition) is 2. The number of carbonyl (C=O) groups excluding carboxylic acids is 3. The largest absolute Gasteiger partial charge is 0.506 e. The van der Waals surface area contributed by atoms with Crippen molar-refractivity contribution in [2.45, 2.75) is 73.6 Å². The van der Waals surface area contributed by atoms with E-state index < -0.39 is 64.5 Å². The maximum Gasteiger partial charge on any atom is 0.352 e. The summed E-state index contributed by atoms with van der Waals surface area (Å²) in [5.74, 6) is -3.81. The van der Waals surface area contributed by atoms with E-state index in [2.05, 4.69) is 0 Å². The van der Waals surface area contributed by atoms with E-state index in [1.54, 1.807) is 69.3 Å². The summed E-state index contributed by atoms with van der Waals surface area (Å²) in [5.41, 5.74) is -5.72. The van der Waals surface area contributed by atoms with Crippen LogP contribution in [0.5, 0.6) is 5.75 Å². The molecule has 2 aromatic rings. The molecular weight excluding hydrogens is 645 g/mol. The van der Waals surface area contributed by atoms with Gasteiger partial charge in [-0.05, 0) is 93.1 Å². The molecule has 6 rings (SSSR count). The Morgan fingerprint density at radius 1 is 1.15 bits per heavy atom. The number of carbonyl (C=O) groups is 3. The lowest BCUT2D eigenvalue weighted by atomic mass is 9.44. The van der Waals surface area contributed by atoms with Crippen LogP contribution in [0, 0.1) is 39.9 Å². The van der Waals surface area contributed by atoms with Crippen molar-refractivity contribution in [3.63, 3.8) is 0 Å². The highest BCUT2D eigenvalue weighted by Gasteiger charge is 2.78. The Bertz CT molecular complexity index is 1760. The summed E-state index contributed by atoms with van der Waals surface area (Å²) < 4.78 is 29.3. The summed E-state index contributed by atoms with van der Waals surface area (Å²) in [6.45, 7) is 4.65. The Labute approximate surface area is 281 Å². The minimum absolute atomic E-state index is 0.0506. The molecular formula is C36H35ClFNO7S. The van der Waals surface area contributed by atoms with Crippen molar-refractivity contribution in [3.8, 4) is 11.8 Å². The van der Waals surface area contributed by atoms with Crippen LogP contribution in [0.15, 0.2) is 76.1 Å². The Morgan fingerprint density at radius 3 is 2.53 bits per heavy atom. The van der Waals surface area contributed by atoms with Gasteiger partial charge in [-0.15, -0.1) is 0 Å². The number of hydrogen-bond acceptors (Lipinski definition) is 9. The zero-order valence-electron chi connectivity index (χ0n) is 26.2. The number of rotatable bonds is 6. The van der Waals surface area contributed by atoms with Gasteiger partial charge in [0.2, 0.25) is 5.60 Å². The highest BCUT2D eigenvalue weighted by Crippen LogP contribution is 2.71. The molecule has 0 amide bonds. The van der Waals surface area contributed by atoms with Crippen molar-refractivity contribution < 1.29 is 38.5 Å². The number of nitrogens with zero attached hydrogens (tertiary/aromatic N) is 1. The summed E-state index contributed by atoms with van der Waals surface area (Å²) >= 11 is 7.26. The Balaban J connectivity index is 1.34. The van der Waals surface area contributed by atoms with Gasteiger partial charge in [0, 0.05) is 32.5 Å². The van der Waals surface area contributed by atoms with Gasteiger partial charge in [0.05, 0.1) is 16.7 Å². The molecule has 0 radical (unpaired) electrons. The highest BCUT2D eigenvalue weighted by atomic mass is 35.5. The number of esters is 2. The number of allylic oxidation sites excluding steroid dienone is 4. The van der Waals surface area contributed by atoms with Gasteiger partial charge in [0.1, 0.15) is 11.8 Å². The molecule has 2 N–H and O–H groups in total. The number of phenolic OH excluding ortho intramolecular Hbond substituents is 1. The van der Waals surface area contributed by atoms with Gasteiger partial charge in [-0.1, -0.05) is 48.9 Å². The normalized spacial score (nSPS) is 35.5. The zero-order chi connectivity index (χ0) is 33.9. The maximum absolute atomic E-state index is 17.7. The number of aliphatic hydroxyl groups excluding tert-OH is 1. The van der Waals surface area contributed by atoms with Crippen molar-refractivity contribution >= 4 is 41.1 Å². The molecule has 3 saturated carbocycles. The molecule has 11 heteroatoms. The number of ketones is 1. The predicted molar refractivity (Wildman–Crippen MR) is 171 cm³/mol. The Morgan fingerprint density at radius 2 is 1.85 bits per heavy atom. The average molecular weight is 680 g/mol. The third-order valence-corrected chi connectivity index (χ3v) is 12.6. The number of ether oxygens (including phenoxy) is 2. The van der Waals surface area contributed by atoms with Gasteiger partial charge in [-0.3, -0.25) is 4.79 Å². The molecule has 2 aromatic carbocycles. The molecule has 0 saturated heterocycles. The van der Waals surface area contributed by atoms with Crippen molar-refractivity contribution in [1.82, 2.24) is 0 Å². The van der Waals surface area contributed by atoms with Gasteiger partial charge in [0.15, 0.2) is 18.1 Å². The fourth-order valence-corrected chi connectivity index (χ4v) is 9.95. The molecule has 0 aromatic heterocycles. The molecule has 47 heavy (non-hydrogen) atoms. The van der Waals surface area contributed by atoms with E-state index in [9.17, 15) is 29.9 Å². The van der Waals surface area contributed by atoms with Crippen LogP contribution in [0.1, 0.15) is 56.8 Å². The summed E-state index contributed by atoms with van der Waals surface area (Å²) in [7, 11) is 0. The van der Waals surface area contributed by atoms with E-state index in [1.807, 2.05) is 0 Å². The van der Waals surface area contributed by atoms with E-state index in [-0.39, 0.29) is 28.5 Å². The molecule has 4 aliphatic carbocycles. The van der Waals surface area contributed by atoms with Crippen LogP contribution in [0.3, 0.4) is 0 Å². The highest BCUT2D eigenvalue weighted by molar-refractivity contribution is 7.99. The van der Waals surface area contributed by atoms with Crippen molar-refractivity contribution in [1.29, 1.82) is 5.26 Å². The fourth-order valence-electron chi connectivity index (χ4n) is 8.99. The SMILES string of the molecule is C[C@@H]1C[C@H]2[C@@H]3CCC4=CC(=O)C=C[C@]4(C)[C@@]3(F)[C@@H](O)C[C@]2(C)[C@@]1(OC(=O)c1ccc(Sc2ccc(Cl)c(O)c2)cc1)C(=O)OCC#N. The quantitative estimate of drug-likeness (QED) is 0.317. The molecule has 0 heterocycles. The molecule has 8 nitrogen and oxygen atoms in total. The molecule has 3 fully saturated rings. The molecule has 8 atom stereocenters. The Hall–Kier alpha value is -3.65. The lowest BCUT2D eigenvalue weighted by Crippen LogP contribution is -2.70. The van der Waals surface area contributed by atoms with Crippen LogP contribution >= 0.6 is 23.4 Å². The number of halogens is 2. The number of alkyl halides is 1. The third kappa shape index (κ3) is 4.92. The molecule has 0 spiro atoms. The predicted octanol–water partition coefficient (Wildman–Crippen LogP) is 6.78. The van der Waals surface area contributed by atoms with Crippen molar-refractivity contribution in [2.75, 3.05) is 6.61 Å². The molecule has 0 bridgehead atoms.